The number of nitrogens with zero attached hydrogens (tertiary/aromatic N) is 1. The molecule has 2 aromatic rings. The quantitative estimate of drug-likeness (QED) is 0.786. The summed E-state index contributed by atoms with van der Waals surface area (Å²) in [6.45, 7) is 0. The van der Waals surface area contributed by atoms with Gasteiger partial charge in [0.15, 0.2) is 15.6 Å². The van der Waals surface area contributed by atoms with Gasteiger partial charge >= 0.3 is 0 Å². The van der Waals surface area contributed by atoms with Crippen molar-refractivity contribution in [2.45, 2.75) is 4.90 Å². The first-order valence-corrected chi connectivity index (χ1v) is 6.96. The van der Waals surface area contributed by atoms with Crippen molar-refractivity contribution in [3.63, 3.8) is 0 Å². The Morgan fingerprint density at radius 1 is 1.06 bits per heavy atom. The van der Waals surface area contributed by atoms with Gasteiger partial charge in [-0.15, -0.1) is 0 Å². The van der Waals surface area contributed by atoms with E-state index in [1.54, 1.807) is 30.3 Å². The zero-order valence-corrected chi connectivity index (χ0v) is 10.3. The van der Waals surface area contributed by atoms with Crippen LogP contribution in [0.1, 0.15) is 10.4 Å². The Morgan fingerprint density at radius 2 is 1.78 bits per heavy atom. The SMILES string of the molecule is O=C(CS(=O)(=O)c1cccnc1)c1ccccc1. The molecule has 0 spiro atoms. The van der Waals surface area contributed by atoms with Crippen molar-refractivity contribution in [1.29, 1.82) is 0 Å². The highest BCUT2D eigenvalue weighted by atomic mass is 32.2. The number of hydrogen-bond donors (Lipinski definition) is 0. The highest BCUT2D eigenvalue weighted by molar-refractivity contribution is 7.92. The highest BCUT2D eigenvalue weighted by Crippen LogP contribution is 2.11. The lowest BCUT2D eigenvalue weighted by molar-refractivity contribution is 0.102. The van der Waals surface area contributed by atoms with E-state index in [-0.39, 0.29) is 4.90 Å². The summed E-state index contributed by atoms with van der Waals surface area (Å²) in [5, 5.41) is 0. The van der Waals surface area contributed by atoms with Crippen LogP contribution in [-0.4, -0.2) is 24.9 Å². The monoisotopic (exact) mass is 261 g/mol. The second kappa shape index (κ2) is 5.10. The summed E-state index contributed by atoms with van der Waals surface area (Å²) in [7, 11) is -3.62. The van der Waals surface area contributed by atoms with Crippen LogP contribution >= 0.6 is 0 Å². The van der Waals surface area contributed by atoms with Crippen molar-refractivity contribution < 1.29 is 13.2 Å². The van der Waals surface area contributed by atoms with Crippen LogP contribution in [0, 0.1) is 0 Å². The van der Waals surface area contributed by atoms with E-state index in [4.69, 9.17) is 0 Å². The fraction of sp³-hybridized carbons (Fsp3) is 0.0769. The Labute approximate surface area is 105 Å². The van der Waals surface area contributed by atoms with Crippen LogP contribution < -0.4 is 0 Å². The van der Waals surface area contributed by atoms with Gasteiger partial charge < -0.3 is 0 Å². The zero-order chi connectivity index (χ0) is 13.0. The van der Waals surface area contributed by atoms with Crippen molar-refractivity contribution in [2.24, 2.45) is 0 Å². The van der Waals surface area contributed by atoms with Crippen molar-refractivity contribution in [3.8, 4) is 0 Å². The molecule has 0 saturated carbocycles. The molecule has 18 heavy (non-hydrogen) atoms. The van der Waals surface area contributed by atoms with Crippen LogP contribution in [0.25, 0.3) is 0 Å². The molecule has 0 saturated heterocycles. The molecular weight excluding hydrogens is 250 g/mol. The minimum atomic E-state index is -3.62. The van der Waals surface area contributed by atoms with Gasteiger partial charge in [-0.05, 0) is 12.1 Å². The lowest BCUT2D eigenvalue weighted by Gasteiger charge is -2.03. The molecule has 0 unspecified atom stereocenters. The fourth-order valence-electron chi connectivity index (χ4n) is 1.49. The third-order valence-electron chi connectivity index (χ3n) is 2.41. The Morgan fingerprint density at radius 3 is 2.39 bits per heavy atom. The lowest BCUT2D eigenvalue weighted by Crippen LogP contribution is -2.16. The van der Waals surface area contributed by atoms with E-state index in [9.17, 15) is 13.2 Å². The molecule has 0 radical (unpaired) electrons. The van der Waals surface area contributed by atoms with Crippen LogP contribution in [0.3, 0.4) is 0 Å². The standard InChI is InChI=1S/C13H11NO3S/c15-13(11-5-2-1-3-6-11)10-18(16,17)12-7-4-8-14-9-12/h1-9H,10H2. The van der Waals surface area contributed by atoms with Crippen LogP contribution in [0.2, 0.25) is 0 Å². The minimum absolute atomic E-state index is 0.0641. The van der Waals surface area contributed by atoms with Gasteiger partial charge in [0.05, 0.1) is 4.90 Å². The average Bonchev–Trinajstić information content (AvgIpc) is 2.40. The molecule has 92 valence electrons. The molecular formula is C13H11NO3S. The van der Waals surface area contributed by atoms with E-state index in [1.165, 1.54) is 24.5 Å². The molecule has 0 N–H and O–H groups in total. The Hall–Kier alpha value is -2.01. The number of carbonyl (C=O) groups excluding carboxylic acids is 1. The first kappa shape index (κ1) is 12.4. The zero-order valence-electron chi connectivity index (χ0n) is 9.48. The van der Waals surface area contributed by atoms with Crippen molar-refractivity contribution in [1.82, 2.24) is 4.98 Å². The predicted octanol–water partition coefficient (Wildman–Crippen LogP) is 1.74. The number of benzene rings is 1. The molecule has 4 nitrogen and oxygen atoms in total. The predicted molar refractivity (Wildman–Crippen MR) is 67.1 cm³/mol. The molecule has 0 fully saturated rings. The van der Waals surface area contributed by atoms with Gasteiger partial charge in [0.25, 0.3) is 0 Å². The third-order valence-corrected chi connectivity index (χ3v) is 4.01. The lowest BCUT2D eigenvalue weighted by atomic mass is 10.2. The molecule has 0 aliphatic heterocycles. The van der Waals surface area contributed by atoms with Gasteiger partial charge in [-0.2, -0.15) is 0 Å². The maximum atomic E-state index is 12.0. The molecule has 0 atom stereocenters. The van der Waals surface area contributed by atoms with E-state index < -0.39 is 21.4 Å². The van der Waals surface area contributed by atoms with Gasteiger partial charge in [0, 0.05) is 18.0 Å². The molecule has 1 aromatic carbocycles. The summed E-state index contributed by atoms with van der Waals surface area (Å²) in [6.07, 6.45) is 2.73. The molecule has 0 aliphatic carbocycles. The molecule has 1 heterocycles. The van der Waals surface area contributed by atoms with Gasteiger partial charge in [0.1, 0.15) is 5.75 Å². The van der Waals surface area contributed by atoms with E-state index >= 15 is 0 Å². The maximum Gasteiger partial charge on any atom is 0.187 e. The van der Waals surface area contributed by atoms with Gasteiger partial charge in [0.2, 0.25) is 0 Å². The summed E-state index contributed by atoms with van der Waals surface area (Å²) in [5.74, 6) is -0.956. The maximum absolute atomic E-state index is 12.0. The summed E-state index contributed by atoms with van der Waals surface area (Å²) in [6, 6.07) is 11.3. The fourth-order valence-corrected chi connectivity index (χ4v) is 2.68. The Kier molecular flexibility index (Phi) is 3.53. The third kappa shape index (κ3) is 2.81. The first-order chi connectivity index (χ1) is 8.59. The minimum Gasteiger partial charge on any atom is -0.293 e. The number of pyridine rings is 1. The normalized spacial score (nSPS) is 11.1. The topological polar surface area (TPSA) is 64.1 Å². The van der Waals surface area contributed by atoms with Gasteiger partial charge in [-0.3, -0.25) is 9.78 Å². The summed E-state index contributed by atoms with van der Waals surface area (Å²) >= 11 is 0. The van der Waals surface area contributed by atoms with Crippen molar-refractivity contribution in [2.75, 3.05) is 5.75 Å². The van der Waals surface area contributed by atoms with Crippen LogP contribution in [-0.2, 0) is 9.84 Å². The molecule has 2 rings (SSSR count). The number of hydrogen-bond acceptors (Lipinski definition) is 4. The van der Waals surface area contributed by atoms with Gasteiger partial charge in [-0.25, -0.2) is 8.42 Å². The number of sulfone groups is 1. The molecule has 1 aromatic heterocycles. The van der Waals surface area contributed by atoms with E-state index in [0.717, 1.165) is 0 Å². The number of rotatable bonds is 4. The van der Waals surface area contributed by atoms with E-state index in [1.807, 2.05) is 0 Å². The second-order valence-corrected chi connectivity index (χ2v) is 5.73. The van der Waals surface area contributed by atoms with Gasteiger partial charge in [-0.1, -0.05) is 30.3 Å². The Bertz CT molecular complexity index is 636. The Balaban J connectivity index is 2.23. The second-order valence-electron chi connectivity index (χ2n) is 3.74. The van der Waals surface area contributed by atoms with Crippen LogP contribution in [0.5, 0.6) is 0 Å². The highest BCUT2D eigenvalue weighted by Gasteiger charge is 2.20. The number of aromatic nitrogens is 1. The number of carbonyl (C=O) groups is 1. The summed E-state index contributed by atoms with van der Waals surface area (Å²) in [5.41, 5.74) is 0.393. The first-order valence-electron chi connectivity index (χ1n) is 5.30. The average molecular weight is 261 g/mol. The summed E-state index contributed by atoms with van der Waals surface area (Å²) in [4.78, 5) is 15.6. The number of ketones is 1. The van der Waals surface area contributed by atoms with E-state index in [0.29, 0.717) is 5.56 Å². The van der Waals surface area contributed by atoms with Crippen molar-refractivity contribution in [3.05, 3.63) is 60.4 Å². The smallest absolute Gasteiger partial charge is 0.187 e. The largest absolute Gasteiger partial charge is 0.293 e. The molecule has 5 heteroatoms. The summed E-state index contributed by atoms with van der Waals surface area (Å²) < 4.78 is 23.9. The van der Waals surface area contributed by atoms with Crippen LogP contribution in [0.4, 0.5) is 0 Å². The van der Waals surface area contributed by atoms with E-state index in [2.05, 4.69) is 4.98 Å². The number of Topliss-reactive ketones (excluding diaryl/α,β-unsaturated/α-hetero) is 1. The van der Waals surface area contributed by atoms with Crippen molar-refractivity contribution >= 4 is 15.6 Å². The molecule has 0 aliphatic rings. The molecule has 0 amide bonds. The van der Waals surface area contributed by atoms with Crippen LogP contribution in [0.15, 0.2) is 59.8 Å². The molecule has 0 bridgehead atoms.